The number of carbonyl (C=O) groups excluding carboxylic acids is 1. The number of hydrogen-bond acceptors (Lipinski definition) is 5. The van der Waals surface area contributed by atoms with Gasteiger partial charge in [0.2, 0.25) is 11.1 Å². The van der Waals surface area contributed by atoms with Gasteiger partial charge in [0.15, 0.2) is 5.82 Å². The van der Waals surface area contributed by atoms with E-state index in [0.29, 0.717) is 16.7 Å². The number of amides is 1. The second-order valence-corrected chi connectivity index (χ2v) is 6.44. The SMILES string of the molecule is CCCCc1nnc(S[C@H](C)C(=O)Nc2ccc(F)cc2)n1N. The average Bonchev–Trinajstić information content (AvgIpc) is 2.88. The number of nitrogens with zero attached hydrogens (tertiary/aromatic N) is 3. The molecule has 1 aromatic heterocycles. The Morgan fingerprint density at radius 3 is 2.74 bits per heavy atom. The molecule has 124 valence electrons. The number of unbranched alkanes of at least 4 members (excludes halogenated alkanes) is 1. The first-order chi connectivity index (χ1) is 11.0. The van der Waals surface area contributed by atoms with Gasteiger partial charge < -0.3 is 11.2 Å². The van der Waals surface area contributed by atoms with Gasteiger partial charge in [-0.15, -0.1) is 10.2 Å². The highest BCUT2D eigenvalue weighted by molar-refractivity contribution is 8.00. The maximum absolute atomic E-state index is 12.9. The number of benzene rings is 1. The minimum Gasteiger partial charge on any atom is -0.336 e. The molecular formula is C15H20FN5OS. The molecule has 0 aliphatic heterocycles. The Bertz CT molecular complexity index is 658. The van der Waals surface area contributed by atoms with Gasteiger partial charge in [-0.25, -0.2) is 9.07 Å². The van der Waals surface area contributed by atoms with Gasteiger partial charge in [0.25, 0.3) is 0 Å². The van der Waals surface area contributed by atoms with Crippen molar-refractivity contribution in [3.05, 3.63) is 35.9 Å². The molecule has 6 nitrogen and oxygen atoms in total. The van der Waals surface area contributed by atoms with Gasteiger partial charge in [-0.1, -0.05) is 25.1 Å². The lowest BCUT2D eigenvalue weighted by Crippen LogP contribution is -2.23. The number of rotatable bonds is 7. The summed E-state index contributed by atoms with van der Waals surface area (Å²) in [6, 6.07) is 5.62. The van der Waals surface area contributed by atoms with Crippen LogP contribution in [-0.2, 0) is 11.2 Å². The summed E-state index contributed by atoms with van der Waals surface area (Å²) in [6.07, 6.45) is 2.79. The second kappa shape index (κ2) is 7.96. The number of aryl methyl sites for hydroxylation is 1. The van der Waals surface area contributed by atoms with Crippen molar-refractivity contribution >= 4 is 23.4 Å². The number of nitrogens with two attached hydrogens (primary N) is 1. The van der Waals surface area contributed by atoms with Crippen molar-refractivity contribution in [3.8, 4) is 0 Å². The highest BCUT2D eigenvalue weighted by Gasteiger charge is 2.19. The van der Waals surface area contributed by atoms with Gasteiger partial charge in [0, 0.05) is 12.1 Å². The van der Waals surface area contributed by atoms with Crippen LogP contribution in [0.2, 0.25) is 0 Å². The summed E-state index contributed by atoms with van der Waals surface area (Å²) in [5.74, 6) is 6.11. The number of thioether (sulfide) groups is 1. The van der Waals surface area contributed by atoms with Crippen molar-refractivity contribution in [1.29, 1.82) is 0 Å². The summed E-state index contributed by atoms with van der Waals surface area (Å²) in [6.45, 7) is 3.85. The second-order valence-electron chi connectivity index (χ2n) is 5.13. The van der Waals surface area contributed by atoms with Crippen LogP contribution in [0.25, 0.3) is 0 Å². The van der Waals surface area contributed by atoms with E-state index in [4.69, 9.17) is 5.84 Å². The van der Waals surface area contributed by atoms with Crippen LogP contribution >= 0.6 is 11.8 Å². The van der Waals surface area contributed by atoms with Crippen LogP contribution in [0.15, 0.2) is 29.4 Å². The summed E-state index contributed by atoms with van der Waals surface area (Å²) >= 11 is 1.23. The lowest BCUT2D eigenvalue weighted by molar-refractivity contribution is -0.115. The first-order valence-corrected chi connectivity index (χ1v) is 8.31. The molecule has 2 rings (SSSR count). The topological polar surface area (TPSA) is 85.8 Å². The molecule has 0 radical (unpaired) electrons. The fourth-order valence-electron chi connectivity index (χ4n) is 1.88. The Hall–Kier alpha value is -2.09. The summed E-state index contributed by atoms with van der Waals surface area (Å²) in [4.78, 5) is 12.2. The third-order valence-electron chi connectivity index (χ3n) is 3.25. The normalized spacial score (nSPS) is 12.1. The van der Waals surface area contributed by atoms with E-state index in [1.807, 2.05) is 0 Å². The smallest absolute Gasteiger partial charge is 0.237 e. The molecule has 1 amide bonds. The van der Waals surface area contributed by atoms with Gasteiger partial charge in [0.05, 0.1) is 5.25 Å². The number of nitrogens with one attached hydrogen (secondary N) is 1. The standard InChI is InChI=1S/C15H20FN5OS/c1-3-4-5-13-19-20-15(21(13)17)23-10(2)14(22)18-12-8-6-11(16)7-9-12/h6-10H,3-5,17H2,1-2H3,(H,18,22)/t10-/m1/s1. The lowest BCUT2D eigenvalue weighted by atomic mass is 10.2. The maximum Gasteiger partial charge on any atom is 0.237 e. The molecule has 8 heteroatoms. The van der Waals surface area contributed by atoms with Gasteiger partial charge in [0.1, 0.15) is 5.82 Å². The highest BCUT2D eigenvalue weighted by atomic mass is 32.2. The zero-order valence-electron chi connectivity index (χ0n) is 13.1. The van der Waals surface area contributed by atoms with Crippen molar-refractivity contribution in [2.45, 2.75) is 43.5 Å². The van der Waals surface area contributed by atoms with E-state index in [9.17, 15) is 9.18 Å². The van der Waals surface area contributed by atoms with E-state index < -0.39 is 5.25 Å². The van der Waals surface area contributed by atoms with Crippen LogP contribution in [0.1, 0.15) is 32.5 Å². The van der Waals surface area contributed by atoms with Crippen molar-refractivity contribution in [1.82, 2.24) is 14.9 Å². The molecule has 2 aromatic rings. The highest BCUT2D eigenvalue weighted by Crippen LogP contribution is 2.22. The molecule has 1 aromatic carbocycles. The maximum atomic E-state index is 12.9. The zero-order chi connectivity index (χ0) is 16.8. The fourth-order valence-corrected chi connectivity index (χ4v) is 2.67. The fraction of sp³-hybridized carbons (Fsp3) is 0.400. The molecule has 0 aliphatic carbocycles. The quantitative estimate of drug-likeness (QED) is 0.599. The largest absolute Gasteiger partial charge is 0.336 e. The van der Waals surface area contributed by atoms with E-state index in [-0.39, 0.29) is 11.7 Å². The Morgan fingerprint density at radius 2 is 2.09 bits per heavy atom. The summed E-state index contributed by atoms with van der Waals surface area (Å²) in [7, 11) is 0. The summed E-state index contributed by atoms with van der Waals surface area (Å²) in [5.41, 5.74) is 0.543. The first kappa shape index (κ1) is 17.3. The van der Waals surface area contributed by atoms with E-state index >= 15 is 0 Å². The molecular weight excluding hydrogens is 317 g/mol. The predicted octanol–water partition coefficient (Wildman–Crippen LogP) is 2.59. The van der Waals surface area contributed by atoms with Gasteiger partial charge in [-0.05, 0) is 37.6 Å². The zero-order valence-corrected chi connectivity index (χ0v) is 13.9. The number of halogens is 1. The molecule has 3 N–H and O–H groups in total. The first-order valence-electron chi connectivity index (χ1n) is 7.43. The minimum atomic E-state index is -0.412. The molecule has 23 heavy (non-hydrogen) atoms. The molecule has 0 fully saturated rings. The number of hydrogen-bond donors (Lipinski definition) is 2. The third kappa shape index (κ3) is 4.69. The third-order valence-corrected chi connectivity index (χ3v) is 4.31. The summed E-state index contributed by atoms with van der Waals surface area (Å²) < 4.78 is 14.3. The Kier molecular flexibility index (Phi) is 5.97. The van der Waals surface area contributed by atoms with Crippen LogP contribution in [0.5, 0.6) is 0 Å². The molecule has 0 bridgehead atoms. The van der Waals surface area contributed by atoms with Gasteiger partial charge >= 0.3 is 0 Å². The van der Waals surface area contributed by atoms with E-state index in [0.717, 1.165) is 19.3 Å². The van der Waals surface area contributed by atoms with Crippen molar-refractivity contribution < 1.29 is 9.18 Å². The van der Waals surface area contributed by atoms with E-state index in [2.05, 4.69) is 22.4 Å². The van der Waals surface area contributed by atoms with Crippen LogP contribution in [0.3, 0.4) is 0 Å². The lowest BCUT2D eigenvalue weighted by Gasteiger charge is -2.11. The summed E-state index contributed by atoms with van der Waals surface area (Å²) in [5, 5.41) is 10.9. The molecule has 0 aliphatic rings. The van der Waals surface area contributed by atoms with Crippen LogP contribution in [0, 0.1) is 5.82 Å². The number of carbonyl (C=O) groups is 1. The molecule has 1 heterocycles. The van der Waals surface area contributed by atoms with Crippen LogP contribution in [-0.4, -0.2) is 26.0 Å². The Balaban J connectivity index is 1.95. The van der Waals surface area contributed by atoms with Gasteiger partial charge in [-0.3, -0.25) is 4.79 Å². The van der Waals surface area contributed by atoms with Crippen molar-refractivity contribution in [2.24, 2.45) is 0 Å². The van der Waals surface area contributed by atoms with E-state index in [1.54, 1.807) is 6.92 Å². The molecule has 1 atom stereocenters. The predicted molar refractivity (Wildman–Crippen MR) is 89.1 cm³/mol. The minimum absolute atomic E-state index is 0.209. The van der Waals surface area contributed by atoms with Gasteiger partial charge in [-0.2, -0.15) is 0 Å². The van der Waals surface area contributed by atoms with Crippen LogP contribution in [0.4, 0.5) is 10.1 Å². The molecule has 0 unspecified atom stereocenters. The monoisotopic (exact) mass is 337 g/mol. The van der Waals surface area contributed by atoms with Crippen molar-refractivity contribution in [3.63, 3.8) is 0 Å². The number of nitrogen functional groups attached to an aromatic ring is 1. The molecule has 0 saturated carbocycles. The molecule has 0 saturated heterocycles. The molecule has 0 spiro atoms. The number of aromatic nitrogens is 3. The van der Waals surface area contributed by atoms with Crippen LogP contribution < -0.4 is 11.2 Å². The van der Waals surface area contributed by atoms with E-state index in [1.165, 1.54) is 40.7 Å². The Labute approximate surface area is 138 Å². The number of anilines is 1. The Morgan fingerprint density at radius 1 is 1.39 bits per heavy atom. The average molecular weight is 337 g/mol. The van der Waals surface area contributed by atoms with Crippen molar-refractivity contribution in [2.75, 3.05) is 11.2 Å².